The van der Waals surface area contributed by atoms with Crippen LogP contribution in [0.25, 0.3) is 0 Å². The number of benzene rings is 1. The molecule has 0 bridgehead atoms. The summed E-state index contributed by atoms with van der Waals surface area (Å²) >= 11 is 0. The molecule has 0 aliphatic heterocycles. The largest absolute Gasteiger partial charge is 0.492 e. The van der Waals surface area contributed by atoms with E-state index in [1.54, 1.807) is 0 Å². The van der Waals surface area contributed by atoms with Crippen molar-refractivity contribution in [2.24, 2.45) is 0 Å². The highest BCUT2D eigenvalue weighted by Gasteiger charge is 2.00. The first-order valence-corrected chi connectivity index (χ1v) is 5.09. The van der Waals surface area contributed by atoms with Gasteiger partial charge >= 0.3 is 0 Å². The number of rotatable bonds is 5. The monoisotopic (exact) mass is 203 g/mol. The van der Waals surface area contributed by atoms with Crippen molar-refractivity contribution < 1.29 is 4.74 Å². The van der Waals surface area contributed by atoms with Gasteiger partial charge in [-0.05, 0) is 31.0 Å². The molecule has 80 valence electrons. The van der Waals surface area contributed by atoms with E-state index in [9.17, 15) is 0 Å². The summed E-state index contributed by atoms with van der Waals surface area (Å²) in [6, 6.07) is 6.08. The standard InChI is InChI=1S/C13H17NO/c1-4-8-14-9-10-15-13-7-5-6-11(2)12(13)3/h1,5-7,14H,8-10H2,2-3H3. The van der Waals surface area contributed by atoms with Gasteiger partial charge in [-0.15, -0.1) is 6.42 Å². The fraction of sp³-hybridized carbons (Fsp3) is 0.385. The number of hydrogen-bond acceptors (Lipinski definition) is 2. The minimum absolute atomic E-state index is 0.593. The van der Waals surface area contributed by atoms with Crippen molar-refractivity contribution in [3.8, 4) is 18.1 Å². The molecule has 0 aromatic heterocycles. The van der Waals surface area contributed by atoms with E-state index in [1.165, 1.54) is 11.1 Å². The van der Waals surface area contributed by atoms with Crippen LogP contribution in [0.4, 0.5) is 0 Å². The van der Waals surface area contributed by atoms with E-state index in [0.717, 1.165) is 12.3 Å². The van der Waals surface area contributed by atoms with E-state index in [1.807, 2.05) is 12.1 Å². The summed E-state index contributed by atoms with van der Waals surface area (Å²) in [6.07, 6.45) is 5.11. The smallest absolute Gasteiger partial charge is 0.122 e. The molecular weight excluding hydrogens is 186 g/mol. The summed E-state index contributed by atoms with van der Waals surface area (Å²) in [7, 11) is 0. The van der Waals surface area contributed by atoms with Crippen molar-refractivity contribution in [2.75, 3.05) is 19.7 Å². The summed E-state index contributed by atoms with van der Waals surface area (Å²) < 4.78 is 5.63. The maximum Gasteiger partial charge on any atom is 0.122 e. The molecule has 0 spiro atoms. The average Bonchev–Trinajstić information content (AvgIpc) is 2.24. The van der Waals surface area contributed by atoms with Crippen LogP contribution in [0.1, 0.15) is 11.1 Å². The topological polar surface area (TPSA) is 21.3 Å². The first-order chi connectivity index (χ1) is 7.25. The van der Waals surface area contributed by atoms with Gasteiger partial charge in [-0.25, -0.2) is 0 Å². The second-order valence-corrected chi connectivity index (χ2v) is 3.43. The van der Waals surface area contributed by atoms with Crippen LogP contribution in [0.3, 0.4) is 0 Å². The van der Waals surface area contributed by atoms with E-state index < -0.39 is 0 Å². The molecule has 0 unspecified atom stereocenters. The quantitative estimate of drug-likeness (QED) is 0.583. The molecule has 15 heavy (non-hydrogen) atoms. The number of ether oxygens (including phenoxy) is 1. The Labute approximate surface area is 91.6 Å². The van der Waals surface area contributed by atoms with Crippen molar-refractivity contribution in [2.45, 2.75) is 13.8 Å². The maximum atomic E-state index is 5.63. The van der Waals surface area contributed by atoms with Crippen LogP contribution < -0.4 is 10.1 Å². The molecule has 0 amide bonds. The molecule has 1 aromatic carbocycles. The van der Waals surface area contributed by atoms with E-state index in [4.69, 9.17) is 11.2 Å². The summed E-state index contributed by atoms with van der Waals surface area (Å²) in [6.45, 7) is 6.16. The highest BCUT2D eigenvalue weighted by molar-refractivity contribution is 5.38. The summed E-state index contributed by atoms with van der Waals surface area (Å²) in [5, 5.41) is 3.08. The third kappa shape index (κ3) is 3.65. The third-order valence-electron chi connectivity index (χ3n) is 2.32. The summed E-state index contributed by atoms with van der Waals surface area (Å²) in [5.41, 5.74) is 2.46. The number of terminal acetylenes is 1. The van der Waals surface area contributed by atoms with Gasteiger partial charge in [0, 0.05) is 6.54 Å². The van der Waals surface area contributed by atoms with Crippen LogP contribution in [-0.4, -0.2) is 19.7 Å². The molecule has 1 aromatic rings. The molecule has 2 nitrogen and oxygen atoms in total. The Morgan fingerprint density at radius 2 is 2.20 bits per heavy atom. The summed E-state index contributed by atoms with van der Waals surface area (Å²) in [5.74, 6) is 3.48. The van der Waals surface area contributed by atoms with Gasteiger partial charge in [0.1, 0.15) is 12.4 Å². The van der Waals surface area contributed by atoms with Crippen LogP contribution in [-0.2, 0) is 0 Å². The van der Waals surface area contributed by atoms with Crippen LogP contribution in [0.2, 0.25) is 0 Å². The van der Waals surface area contributed by atoms with Crippen molar-refractivity contribution >= 4 is 0 Å². The molecule has 0 fully saturated rings. The van der Waals surface area contributed by atoms with Crippen LogP contribution >= 0.6 is 0 Å². The van der Waals surface area contributed by atoms with E-state index >= 15 is 0 Å². The molecule has 0 heterocycles. The summed E-state index contributed by atoms with van der Waals surface area (Å²) in [4.78, 5) is 0. The van der Waals surface area contributed by atoms with Gasteiger partial charge in [-0.2, -0.15) is 0 Å². The minimum atomic E-state index is 0.593. The fourth-order valence-electron chi connectivity index (χ4n) is 1.27. The SMILES string of the molecule is C#CCNCCOc1cccc(C)c1C. The molecule has 2 heteroatoms. The predicted molar refractivity (Wildman–Crippen MR) is 63.1 cm³/mol. The first-order valence-electron chi connectivity index (χ1n) is 5.09. The van der Waals surface area contributed by atoms with Gasteiger partial charge < -0.3 is 10.1 Å². The third-order valence-corrected chi connectivity index (χ3v) is 2.32. The second kappa shape index (κ2) is 6.10. The lowest BCUT2D eigenvalue weighted by Crippen LogP contribution is -2.21. The molecule has 0 atom stereocenters. The van der Waals surface area contributed by atoms with Crippen molar-refractivity contribution in [3.05, 3.63) is 29.3 Å². The van der Waals surface area contributed by atoms with E-state index in [-0.39, 0.29) is 0 Å². The van der Waals surface area contributed by atoms with Gasteiger partial charge in [0.15, 0.2) is 0 Å². The Hall–Kier alpha value is -1.46. The normalized spacial score (nSPS) is 9.67. The van der Waals surface area contributed by atoms with E-state index in [2.05, 4.69) is 31.2 Å². The average molecular weight is 203 g/mol. The zero-order valence-electron chi connectivity index (χ0n) is 9.34. The van der Waals surface area contributed by atoms with Crippen LogP contribution in [0, 0.1) is 26.2 Å². The fourth-order valence-corrected chi connectivity index (χ4v) is 1.27. The van der Waals surface area contributed by atoms with Crippen LogP contribution in [0.5, 0.6) is 5.75 Å². The lowest BCUT2D eigenvalue weighted by atomic mass is 10.1. The van der Waals surface area contributed by atoms with E-state index in [0.29, 0.717) is 13.2 Å². The van der Waals surface area contributed by atoms with Crippen LogP contribution in [0.15, 0.2) is 18.2 Å². The van der Waals surface area contributed by atoms with Gasteiger partial charge in [0.2, 0.25) is 0 Å². The Balaban J connectivity index is 2.38. The Morgan fingerprint density at radius 3 is 2.93 bits per heavy atom. The zero-order chi connectivity index (χ0) is 11.1. The van der Waals surface area contributed by atoms with Crippen molar-refractivity contribution in [1.82, 2.24) is 5.32 Å². The van der Waals surface area contributed by atoms with Crippen molar-refractivity contribution in [3.63, 3.8) is 0 Å². The van der Waals surface area contributed by atoms with Gasteiger partial charge in [-0.3, -0.25) is 0 Å². The molecule has 0 saturated heterocycles. The first kappa shape index (κ1) is 11.6. The lowest BCUT2D eigenvalue weighted by molar-refractivity contribution is 0.314. The zero-order valence-corrected chi connectivity index (χ0v) is 9.34. The van der Waals surface area contributed by atoms with Gasteiger partial charge in [0.05, 0.1) is 6.54 Å². The molecule has 0 radical (unpaired) electrons. The molecule has 0 aliphatic carbocycles. The molecule has 1 N–H and O–H groups in total. The molecule has 0 aliphatic rings. The minimum Gasteiger partial charge on any atom is -0.492 e. The maximum absolute atomic E-state index is 5.63. The Kier molecular flexibility index (Phi) is 4.73. The predicted octanol–water partition coefficient (Wildman–Crippen LogP) is 1.91. The number of hydrogen-bond donors (Lipinski definition) is 1. The second-order valence-electron chi connectivity index (χ2n) is 3.43. The van der Waals surface area contributed by atoms with Gasteiger partial charge in [0.25, 0.3) is 0 Å². The lowest BCUT2D eigenvalue weighted by Gasteiger charge is -2.10. The molecule has 0 saturated carbocycles. The van der Waals surface area contributed by atoms with Crippen molar-refractivity contribution in [1.29, 1.82) is 0 Å². The Morgan fingerprint density at radius 1 is 1.40 bits per heavy atom. The molecule has 1 rings (SSSR count). The molecular formula is C13H17NO. The highest BCUT2D eigenvalue weighted by Crippen LogP contribution is 2.20. The number of aryl methyl sites for hydroxylation is 1. The Bertz CT molecular complexity index is 352. The highest BCUT2D eigenvalue weighted by atomic mass is 16.5. The number of nitrogens with one attached hydrogen (secondary N) is 1. The van der Waals surface area contributed by atoms with Gasteiger partial charge in [-0.1, -0.05) is 18.1 Å².